The summed E-state index contributed by atoms with van der Waals surface area (Å²) >= 11 is 3.44. The highest BCUT2D eigenvalue weighted by molar-refractivity contribution is 9.10. The third kappa shape index (κ3) is 1.78. The average Bonchev–Trinajstić information content (AvgIpc) is 2.73. The third-order valence-corrected chi connectivity index (χ3v) is 3.06. The minimum Gasteiger partial charge on any atom is -0.300 e. The molecular formula is C12H8BrN3O. The molecule has 0 unspecified atom stereocenters. The van der Waals surface area contributed by atoms with Gasteiger partial charge in [-0.3, -0.25) is 9.36 Å². The van der Waals surface area contributed by atoms with E-state index in [1.54, 1.807) is 6.07 Å². The fraction of sp³-hybridized carbons (Fsp3) is 0. The lowest BCUT2D eigenvalue weighted by Crippen LogP contribution is -2.08. The van der Waals surface area contributed by atoms with E-state index in [1.165, 1.54) is 6.07 Å². The molecule has 3 aromatic rings. The van der Waals surface area contributed by atoms with E-state index in [0.717, 1.165) is 15.4 Å². The summed E-state index contributed by atoms with van der Waals surface area (Å²) in [7, 11) is 0. The molecule has 0 saturated carbocycles. The fourth-order valence-corrected chi connectivity index (χ4v) is 2.12. The number of nitrogens with one attached hydrogen (secondary N) is 1. The predicted molar refractivity (Wildman–Crippen MR) is 69.4 cm³/mol. The van der Waals surface area contributed by atoms with Gasteiger partial charge in [0.15, 0.2) is 5.82 Å². The zero-order valence-electron chi connectivity index (χ0n) is 8.72. The van der Waals surface area contributed by atoms with Crippen LogP contribution in [-0.4, -0.2) is 14.8 Å². The molecule has 0 aliphatic carbocycles. The van der Waals surface area contributed by atoms with Gasteiger partial charge in [0, 0.05) is 22.1 Å². The van der Waals surface area contributed by atoms with Crippen molar-refractivity contribution in [3.8, 4) is 5.82 Å². The zero-order valence-corrected chi connectivity index (χ0v) is 10.3. The molecule has 5 heteroatoms. The maximum absolute atomic E-state index is 11.0. The second-order valence-electron chi connectivity index (χ2n) is 3.67. The van der Waals surface area contributed by atoms with Crippen LogP contribution in [0.3, 0.4) is 0 Å². The summed E-state index contributed by atoms with van der Waals surface area (Å²) in [5, 5.41) is 7.57. The summed E-state index contributed by atoms with van der Waals surface area (Å²) in [5.41, 5.74) is 0.838. The molecule has 0 radical (unpaired) electrons. The van der Waals surface area contributed by atoms with Crippen molar-refractivity contribution < 1.29 is 0 Å². The van der Waals surface area contributed by atoms with E-state index in [4.69, 9.17) is 0 Å². The number of aromatic nitrogens is 3. The Balaban J connectivity index is 2.26. The molecule has 2 aromatic heterocycles. The molecule has 0 saturated heterocycles. The number of hydrogen-bond acceptors (Lipinski definition) is 2. The molecule has 0 bridgehead atoms. The van der Waals surface area contributed by atoms with Gasteiger partial charge in [-0.2, -0.15) is 5.10 Å². The first-order valence-corrected chi connectivity index (χ1v) is 5.86. The van der Waals surface area contributed by atoms with Gasteiger partial charge in [0.25, 0.3) is 5.56 Å². The molecule has 0 spiro atoms. The van der Waals surface area contributed by atoms with E-state index in [0.29, 0.717) is 5.82 Å². The standard InChI is InChI=1S/C12H8BrN3O/c13-9-2-1-8-5-6-16(10(8)7-9)11-3-4-12(17)15-14-11/h1-7H,(H,15,17). The van der Waals surface area contributed by atoms with Crippen molar-refractivity contribution in [2.45, 2.75) is 0 Å². The van der Waals surface area contributed by atoms with Crippen LogP contribution in [0.1, 0.15) is 0 Å². The Morgan fingerprint density at radius 3 is 2.82 bits per heavy atom. The lowest BCUT2D eigenvalue weighted by molar-refractivity contribution is 0.913. The Kier molecular flexibility index (Phi) is 2.33. The molecule has 1 aromatic carbocycles. The number of benzene rings is 1. The molecule has 3 rings (SSSR count). The van der Waals surface area contributed by atoms with Crippen LogP contribution in [0.4, 0.5) is 0 Å². The number of aromatic amines is 1. The topological polar surface area (TPSA) is 50.7 Å². The summed E-state index contributed by atoms with van der Waals surface area (Å²) in [6.45, 7) is 0. The molecule has 17 heavy (non-hydrogen) atoms. The van der Waals surface area contributed by atoms with Crippen LogP contribution < -0.4 is 5.56 Å². The third-order valence-electron chi connectivity index (χ3n) is 2.57. The van der Waals surface area contributed by atoms with E-state index < -0.39 is 0 Å². The summed E-state index contributed by atoms with van der Waals surface area (Å²) in [6.07, 6.45) is 1.93. The number of H-pyrrole nitrogens is 1. The highest BCUT2D eigenvalue weighted by atomic mass is 79.9. The Morgan fingerprint density at radius 1 is 1.18 bits per heavy atom. The van der Waals surface area contributed by atoms with Gasteiger partial charge in [0.1, 0.15) is 0 Å². The van der Waals surface area contributed by atoms with Crippen molar-refractivity contribution in [1.29, 1.82) is 0 Å². The van der Waals surface area contributed by atoms with Gasteiger partial charge in [-0.15, -0.1) is 0 Å². The van der Waals surface area contributed by atoms with Crippen molar-refractivity contribution in [1.82, 2.24) is 14.8 Å². The van der Waals surface area contributed by atoms with Crippen molar-refractivity contribution in [2.75, 3.05) is 0 Å². The van der Waals surface area contributed by atoms with Crippen LogP contribution in [0, 0.1) is 0 Å². The molecule has 0 fully saturated rings. The number of hydrogen-bond donors (Lipinski definition) is 1. The first-order chi connectivity index (χ1) is 8.24. The van der Waals surface area contributed by atoms with E-state index in [-0.39, 0.29) is 5.56 Å². The fourth-order valence-electron chi connectivity index (χ4n) is 1.77. The molecule has 0 atom stereocenters. The zero-order chi connectivity index (χ0) is 11.8. The first-order valence-electron chi connectivity index (χ1n) is 5.07. The highest BCUT2D eigenvalue weighted by Gasteiger charge is 2.04. The summed E-state index contributed by atoms with van der Waals surface area (Å²) < 4.78 is 2.94. The van der Waals surface area contributed by atoms with Gasteiger partial charge in [-0.1, -0.05) is 22.0 Å². The summed E-state index contributed by atoms with van der Waals surface area (Å²) in [4.78, 5) is 11.0. The van der Waals surface area contributed by atoms with Crippen LogP contribution in [0.25, 0.3) is 16.7 Å². The summed E-state index contributed by atoms with van der Waals surface area (Å²) in [6, 6.07) is 11.2. The van der Waals surface area contributed by atoms with Crippen LogP contribution in [0.5, 0.6) is 0 Å². The summed E-state index contributed by atoms with van der Waals surface area (Å²) in [5.74, 6) is 0.692. The van der Waals surface area contributed by atoms with Gasteiger partial charge in [-0.25, -0.2) is 5.10 Å². The number of nitrogens with zero attached hydrogens (tertiary/aromatic N) is 2. The maximum Gasteiger partial charge on any atom is 0.264 e. The van der Waals surface area contributed by atoms with Gasteiger partial charge in [0.05, 0.1) is 5.52 Å². The average molecular weight is 290 g/mol. The molecule has 1 N–H and O–H groups in total. The molecular weight excluding hydrogens is 282 g/mol. The van der Waals surface area contributed by atoms with Crippen LogP contribution in [-0.2, 0) is 0 Å². The lowest BCUT2D eigenvalue weighted by atomic mass is 10.2. The number of halogens is 1. The Hall–Kier alpha value is -1.88. The monoisotopic (exact) mass is 289 g/mol. The van der Waals surface area contributed by atoms with Crippen molar-refractivity contribution in [3.63, 3.8) is 0 Å². The van der Waals surface area contributed by atoms with Crippen LogP contribution in [0.2, 0.25) is 0 Å². The van der Waals surface area contributed by atoms with E-state index in [9.17, 15) is 4.79 Å². The SMILES string of the molecule is O=c1ccc(-n2ccc3ccc(Br)cc32)n[nH]1. The second-order valence-corrected chi connectivity index (χ2v) is 4.58. The Morgan fingerprint density at radius 2 is 2.06 bits per heavy atom. The van der Waals surface area contributed by atoms with E-state index >= 15 is 0 Å². The molecule has 4 nitrogen and oxygen atoms in total. The number of fused-ring (bicyclic) bond motifs is 1. The van der Waals surface area contributed by atoms with Gasteiger partial charge in [0.2, 0.25) is 0 Å². The molecule has 0 amide bonds. The van der Waals surface area contributed by atoms with Crippen molar-refractivity contribution in [2.24, 2.45) is 0 Å². The van der Waals surface area contributed by atoms with Crippen molar-refractivity contribution in [3.05, 3.63) is 57.4 Å². The van der Waals surface area contributed by atoms with Crippen LogP contribution >= 0.6 is 15.9 Å². The predicted octanol–water partition coefficient (Wildman–Crippen LogP) is 2.48. The molecule has 0 aliphatic heterocycles. The number of rotatable bonds is 1. The highest BCUT2D eigenvalue weighted by Crippen LogP contribution is 2.22. The largest absolute Gasteiger partial charge is 0.300 e. The second kappa shape index (κ2) is 3.85. The van der Waals surface area contributed by atoms with E-state index in [1.807, 2.05) is 35.0 Å². The minimum absolute atomic E-state index is 0.202. The normalized spacial score (nSPS) is 10.9. The molecule has 84 valence electrons. The van der Waals surface area contributed by atoms with Crippen molar-refractivity contribution >= 4 is 26.8 Å². The molecule has 0 aliphatic rings. The first kappa shape index (κ1) is 10.3. The Bertz CT molecular complexity index is 724. The van der Waals surface area contributed by atoms with Gasteiger partial charge >= 0.3 is 0 Å². The minimum atomic E-state index is -0.202. The quantitative estimate of drug-likeness (QED) is 0.748. The lowest BCUT2D eigenvalue weighted by Gasteiger charge is -2.03. The van der Waals surface area contributed by atoms with Crippen LogP contribution in [0.15, 0.2) is 51.9 Å². The maximum atomic E-state index is 11.0. The van der Waals surface area contributed by atoms with E-state index in [2.05, 4.69) is 26.1 Å². The Labute approximate surface area is 105 Å². The van der Waals surface area contributed by atoms with Gasteiger partial charge in [-0.05, 0) is 24.3 Å². The molecule has 2 heterocycles. The smallest absolute Gasteiger partial charge is 0.264 e. The van der Waals surface area contributed by atoms with Gasteiger partial charge < -0.3 is 0 Å².